The molecule has 0 radical (unpaired) electrons. The highest BCUT2D eigenvalue weighted by Gasteiger charge is 2.17. The molecule has 6 heteroatoms. The van der Waals surface area contributed by atoms with Crippen LogP contribution < -0.4 is 0 Å². The van der Waals surface area contributed by atoms with E-state index >= 15 is 0 Å². The summed E-state index contributed by atoms with van der Waals surface area (Å²) in [6, 6.07) is 23.7. The maximum absolute atomic E-state index is 6.08. The number of para-hydroxylation sites is 1. The van der Waals surface area contributed by atoms with E-state index < -0.39 is 0 Å². The minimum absolute atomic E-state index is 0.696. The molecule has 0 unspecified atom stereocenters. The molecule has 0 aliphatic carbocycles. The third-order valence-electron chi connectivity index (χ3n) is 4.55. The number of benzene rings is 3. The first-order valence-corrected chi connectivity index (χ1v) is 9.91. The Hall–Kier alpha value is -2.89. The molecule has 2 aromatic heterocycles. The van der Waals surface area contributed by atoms with Crippen LogP contribution in [0.3, 0.4) is 0 Å². The predicted molar refractivity (Wildman–Crippen MR) is 117 cm³/mol. The van der Waals surface area contributed by atoms with Gasteiger partial charge in [-0.25, -0.2) is 9.67 Å². The molecule has 3 aromatic carbocycles. The molecule has 2 heterocycles. The zero-order valence-electron chi connectivity index (χ0n) is 14.6. The number of imidazole rings is 1. The van der Waals surface area contributed by atoms with Crippen molar-refractivity contribution in [2.75, 3.05) is 0 Å². The minimum atomic E-state index is 0.696. The van der Waals surface area contributed by atoms with Crippen LogP contribution in [0.5, 0.6) is 0 Å². The van der Waals surface area contributed by atoms with Gasteiger partial charge in [-0.2, -0.15) is 5.10 Å². The number of hydrogen-bond acceptors (Lipinski definition) is 2. The van der Waals surface area contributed by atoms with Crippen molar-refractivity contribution in [3.63, 3.8) is 0 Å². The number of rotatable bonds is 3. The highest BCUT2D eigenvalue weighted by molar-refractivity contribution is 9.10. The van der Waals surface area contributed by atoms with E-state index in [0.29, 0.717) is 5.02 Å². The number of H-pyrrole nitrogens is 1. The molecule has 136 valence electrons. The lowest BCUT2D eigenvalue weighted by atomic mass is 10.1. The maximum Gasteiger partial charge on any atom is 0.142 e. The molecule has 28 heavy (non-hydrogen) atoms. The van der Waals surface area contributed by atoms with Crippen molar-refractivity contribution in [2.45, 2.75) is 0 Å². The van der Waals surface area contributed by atoms with Crippen LogP contribution in [-0.2, 0) is 0 Å². The van der Waals surface area contributed by atoms with E-state index in [1.807, 2.05) is 83.7 Å². The van der Waals surface area contributed by atoms with Crippen molar-refractivity contribution in [3.8, 4) is 28.3 Å². The molecule has 0 fully saturated rings. The topological polar surface area (TPSA) is 46.5 Å². The molecule has 0 aliphatic heterocycles. The van der Waals surface area contributed by atoms with Gasteiger partial charge in [0.1, 0.15) is 11.5 Å². The second-order valence-corrected chi connectivity index (χ2v) is 7.78. The predicted octanol–water partition coefficient (Wildman–Crippen LogP) is 6.50. The van der Waals surface area contributed by atoms with Gasteiger partial charge in [0.05, 0.1) is 22.3 Å². The summed E-state index contributed by atoms with van der Waals surface area (Å²) >= 11 is 9.59. The van der Waals surface area contributed by atoms with Crippen LogP contribution >= 0.6 is 27.5 Å². The second kappa shape index (κ2) is 6.93. The van der Waals surface area contributed by atoms with Crippen LogP contribution in [0.25, 0.3) is 39.4 Å². The monoisotopic (exact) mass is 448 g/mol. The van der Waals surface area contributed by atoms with Crippen LogP contribution in [0.15, 0.2) is 83.5 Å². The van der Waals surface area contributed by atoms with Crippen molar-refractivity contribution < 1.29 is 0 Å². The van der Waals surface area contributed by atoms with Crippen molar-refractivity contribution in [3.05, 3.63) is 88.5 Å². The van der Waals surface area contributed by atoms with E-state index in [9.17, 15) is 0 Å². The third kappa shape index (κ3) is 3.13. The summed E-state index contributed by atoms with van der Waals surface area (Å²) < 4.78 is 2.88. The molecule has 4 nitrogen and oxygen atoms in total. The molecule has 0 atom stereocenters. The fourth-order valence-electron chi connectivity index (χ4n) is 3.19. The molecule has 0 spiro atoms. The van der Waals surface area contributed by atoms with E-state index in [-0.39, 0.29) is 0 Å². The van der Waals surface area contributed by atoms with Gasteiger partial charge < -0.3 is 4.98 Å². The fraction of sp³-hybridized carbons (Fsp3) is 0. The number of nitrogens with zero attached hydrogens (tertiary/aromatic N) is 3. The Bertz CT molecular complexity index is 1270. The summed E-state index contributed by atoms with van der Waals surface area (Å²) in [5, 5.41) is 5.54. The number of aromatic amines is 1. The van der Waals surface area contributed by atoms with E-state index in [4.69, 9.17) is 21.7 Å². The molecule has 5 aromatic rings. The van der Waals surface area contributed by atoms with Gasteiger partial charge in [0.15, 0.2) is 0 Å². The third-order valence-corrected chi connectivity index (χ3v) is 5.30. The number of fused-ring (bicyclic) bond motifs is 1. The van der Waals surface area contributed by atoms with Gasteiger partial charge in [-0.1, -0.05) is 57.9 Å². The lowest BCUT2D eigenvalue weighted by Gasteiger charge is -2.01. The number of nitrogens with one attached hydrogen (secondary N) is 1. The van der Waals surface area contributed by atoms with Gasteiger partial charge >= 0.3 is 0 Å². The van der Waals surface area contributed by atoms with E-state index in [0.717, 1.165) is 43.8 Å². The summed E-state index contributed by atoms with van der Waals surface area (Å²) in [5.74, 6) is 0.778. The Morgan fingerprint density at radius 1 is 0.929 bits per heavy atom. The molecule has 0 saturated carbocycles. The number of aromatic nitrogens is 4. The van der Waals surface area contributed by atoms with Gasteiger partial charge in [0.2, 0.25) is 0 Å². The van der Waals surface area contributed by atoms with E-state index in [1.165, 1.54) is 0 Å². The zero-order chi connectivity index (χ0) is 19.1. The quantitative estimate of drug-likeness (QED) is 0.342. The first-order chi connectivity index (χ1) is 13.7. The van der Waals surface area contributed by atoms with Crippen molar-refractivity contribution >= 4 is 38.6 Å². The van der Waals surface area contributed by atoms with Gasteiger partial charge in [0, 0.05) is 21.3 Å². The fourth-order valence-corrected chi connectivity index (χ4v) is 3.68. The lowest BCUT2D eigenvalue weighted by molar-refractivity contribution is 0.884. The van der Waals surface area contributed by atoms with Gasteiger partial charge in [-0.05, 0) is 42.5 Å². The Labute approximate surface area is 174 Å². The van der Waals surface area contributed by atoms with Gasteiger partial charge in [-0.15, -0.1) is 0 Å². The van der Waals surface area contributed by atoms with E-state index in [2.05, 4.69) is 20.9 Å². The zero-order valence-corrected chi connectivity index (χ0v) is 16.9. The largest absolute Gasteiger partial charge is 0.338 e. The first kappa shape index (κ1) is 17.2. The standard InChI is InChI=1S/C22H14BrClN4/c23-15-8-11-19-20(12-15)26-22(25-19)18-13-28(17-4-2-1-3-5-17)27-21(18)14-6-9-16(24)10-7-14/h1-13H,(H,25,26). The van der Waals surface area contributed by atoms with Crippen LogP contribution in [0.2, 0.25) is 5.02 Å². The lowest BCUT2D eigenvalue weighted by Crippen LogP contribution is -1.93. The first-order valence-electron chi connectivity index (χ1n) is 8.74. The summed E-state index contributed by atoms with van der Waals surface area (Å²) in [6.45, 7) is 0. The van der Waals surface area contributed by atoms with Gasteiger partial charge in [0.25, 0.3) is 0 Å². The smallest absolute Gasteiger partial charge is 0.142 e. The average molecular weight is 450 g/mol. The number of halogens is 2. The second-order valence-electron chi connectivity index (χ2n) is 6.43. The molecule has 0 bridgehead atoms. The Kier molecular flexibility index (Phi) is 4.26. The number of hydrogen-bond donors (Lipinski definition) is 1. The average Bonchev–Trinajstić information content (AvgIpc) is 3.33. The molecule has 0 amide bonds. The van der Waals surface area contributed by atoms with E-state index in [1.54, 1.807) is 0 Å². The Morgan fingerprint density at radius 3 is 2.50 bits per heavy atom. The summed E-state index contributed by atoms with van der Waals surface area (Å²) in [5.41, 5.74) is 5.63. The summed E-state index contributed by atoms with van der Waals surface area (Å²) in [7, 11) is 0. The highest BCUT2D eigenvalue weighted by atomic mass is 79.9. The highest BCUT2D eigenvalue weighted by Crippen LogP contribution is 2.32. The summed E-state index contributed by atoms with van der Waals surface area (Å²) in [6.07, 6.45) is 2.01. The van der Waals surface area contributed by atoms with Crippen LogP contribution in [-0.4, -0.2) is 19.7 Å². The molecular formula is C22H14BrClN4. The van der Waals surface area contributed by atoms with Crippen molar-refractivity contribution in [2.24, 2.45) is 0 Å². The summed E-state index contributed by atoms with van der Waals surface area (Å²) in [4.78, 5) is 8.20. The van der Waals surface area contributed by atoms with Crippen molar-refractivity contribution in [1.29, 1.82) is 0 Å². The minimum Gasteiger partial charge on any atom is -0.338 e. The molecule has 1 N–H and O–H groups in total. The van der Waals surface area contributed by atoms with Crippen LogP contribution in [0, 0.1) is 0 Å². The Morgan fingerprint density at radius 2 is 1.71 bits per heavy atom. The molecule has 5 rings (SSSR count). The molecular weight excluding hydrogens is 436 g/mol. The normalized spacial score (nSPS) is 11.2. The maximum atomic E-state index is 6.08. The van der Waals surface area contributed by atoms with Gasteiger partial charge in [-0.3, -0.25) is 0 Å². The molecule has 0 saturated heterocycles. The SMILES string of the molecule is Clc1ccc(-c2nn(-c3ccccc3)cc2-c2nc3ccc(Br)cc3[nH]2)cc1. The molecule has 0 aliphatic rings. The van der Waals surface area contributed by atoms with Crippen LogP contribution in [0.1, 0.15) is 0 Å². The Balaban J connectivity index is 1.72. The van der Waals surface area contributed by atoms with Crippen molar-refractivity contribution in [1.82, 2.24) is 19.7 Å². The van der Waals surface area contributed by atoms with Crippen LogP contribution in [0.4, 0.5) is 0 Å².